The Bertz CT molecular complexity index is 1570. The molecule has 0 radical (unpaired) electrons. The fraction of sp³-hybridized carbons (Fsp3) is 0.263. The summed E-state index contributed by atoms with van der Waals surface area (Å²) in [4.78, 5) is 11.3. The van der Waals surface area contributed by atoms with Crippen molar-refractivity contribution in [2.24, 2.45) is 11.0 Å². The Morgan fingerprint density at radius 1 is 0.867 bits per heavy atom. The number of nitrogens with zero attached hydrogens (tertiary/aromatic N) is 2. The minimum atomic E-state index is -0.903. The number of allylic oxidation sites excluding steroid dienone is 1. The van der Waals surface area contributed by atoms with Crippen LogP contribution in [0.1, 0.15) is 63.9 Å². The number of carboxylic acid groups (broad SMARTS) is 1. The van der Waals surface area contributed by atoms with E-state index in [2.05, 4.69) is 94.9 Å². The number of ether oxygens (including phenoxy) is 1. The van der Waals surface area contributed by atoms with E-state index in [1.54, 1.807) is 12.1 Å². The zero-order valence-electron chi connectivity index (χ0n) is 25.9. The molecule has 0 aliphatic carbocycles. The van der Waals surface area contributed by atoms with Gasteiger partial charge in [0.25, 0.3) is 0 Å². The van der Waals surface area contributed by atoms with Crippen LogP contribution < -0.4 is 15.3 Å². The number of hydrogen-bond acceptors (Lipinski definition) is 4. The monoisotopic (exact) mass is 602 g/mol. The lowest BCUT2D eigenvalue weighted by Crippen LogP contribution is -2.98. The Hall–Kier alpha value is -4.72. The normalized spacial score (nSPS) is 15.0. The van der Waals surface area contributed by atoms with Gasteiger partial charge in [-0.05, 0) is 85.8 Å². The molecular weight excluding hydrogens is 560 g/mol. The van der Waals surface area contributed by atoms with Crippen LogP contribution in [-0.4, -0.2) is 30.6 Å². The van der Waals surface area contributed by atoms with Gasteiger partial charge in [0, 0.05) is 11.1 Å². The first-order chi connectivity index (χ1) is 22.0. The molecule has 232 valence electrons. The summed E-state index contributed by atoms with van der Waals surface area (Å²) >= 11 is 0. The maximum Gasteiger partial charge on any atom is 0.335 e. The lowest BCUT2D eigenvalue weighted by Gasteiger charge is -2.15. The molecule has 4 aromatic carbocycles. The maximum absolute atomic E-state index is 11.3. The predicted octanol–water partition coefficient (Wildman–Crippen LogP) is 6.66. The van der Waals surface area contributed by atoms with Gasteiger partial charge < -0.3 is 20.8 Å². The molecule has 0 amide bonds. The third kappa shape index (κ3) is 9.89. The maximum atomic E-state index is 11.3. The van der Waals surface area contributed by atoms with Crippen molar-refractivity contribution in [1.82, 2.24) is 5.43 Å². The standard InChI is InChI=1S/C38H42N4O3/c1-42-40-37(39-41-42)34-23-20-32(21-24-34)28-31(16-15-30-17-25-35(26-18-30)38(43)44)19-22-33-13-7-8-14-36(33)45-27-9-3-6-12-29-10-4-2-5-11-29/h2,4-5,7-8,10-11,13-14,17-26,31,42H,3,6,9,12,15-16,27-28H2,1H3,(H,39,40)(H,43,44)/b22-19+. The van der Waals surface area contributed by atoms with Crippen molar-refractivity contribution < 1.29 is 19.8 Å². The second kappa shape index (κ2) is 16.4. The number of quaternary nitrogens is 1. The van der Waals surface area contributed by atoms with Crippen LogP contribution in [0.3, 0.4) is 0 Å². The van der Waals surface area contributed by atoms with E-state index in [-0.39, 0.29) is 5.92 Å². The number of benzene rings is 4. The Labute approximate surface area is 266 Å². The van der Waals surface area contributed by atoms with Gasteiger partial charge >= 0.3 is 5.97 Å². The first kappa shape index (κ1) is 31.7. The number of hydrogen-bond donors (Lipinski definition) is 3. The van der Waals surface area contributed by atoms with E-state index in [1.165, 1.54) is 11.1 Å². The van der Waals surface area contributed by atoms with Crippen LogP contribution in [0.25, 0.3) is 11.6 Å². The Morgan fingerprint density at radius 3 is 2.31 bits per heavy atom. The van der Waals surface area contributed by atoms with E-state index >= 15 is 0 Å². The Morgan fingerprint density at radius 2 is 1.58 bits per heavy atom. The second-order valence-corrected chi connectivity index (χ2v) is 11.5. The number of aryl methyl sites for hydroxylation is 2. The van der Waals surface area contributed by atoms with E-state index in [0.717, 1.165) is 78.3 Å². The molecule has 3 N–H and O–H groups in total. The summed E-state index contributed by atoms with van der Waals surface area (Å²) < 4.78 is 6.24. The van der Waals surface area contributed by atoms with Gasteiger partial charge in [-0.15, -0.1) is 0 Å². The van der Waals surface area contributed by atoms with Crippen LogP contribution in [0.2, 0.25) is 0 Å². The molecular formula is C38H42N4O3. The highest BCUT2D eigenvalue weighted by molar-refractivity contribution is 5.99. The molecule has 7 heteroatoms. The van der Waals surface area contributed by atoms with Gasteiger partial charge in [-0.2, -0.15) is 0 Å². The summed E-state index contributed by atoms with van der Waals surface area (Å²) in [5.74, 6) is 1.05. The first-order valence-corrected chi connectivity index (χ1v) is 15.8. The molecule has 2 atom stereocenters. The smallest absolute Gasteiger partial charge is 0.335 e. The van der Waals surface area contributed by atoms with Crippen molar-refractivity contribution in [3.63, 3.8) is 0 Å². The average Bonchev–Trinajstić information content (AvgIpc) is 3.51. The van der Waals surface area contributed by atoms with Gasteiger partial charge in [0.1, 0.15) is 5.75 Å². The number of rotatable bonds is 16. The van der Waals surface area contributed by atoms with Gasteiger partial charge in [0.2, 0.25) is 0 Å². The number of aromatic carboxylic acids is 1. The number of carboxylic acids is 1. The lowest BCUT2D eigenvalue weighted by atomic mass is 9.91. The highest BCUT2D eigenvalue weighted by atomic mass is 16.5. The topological polar surface area (TPSA) is 89.5 Å². The first-order valence-electron chi connectivity index (χ1n) is 15.8. The van der Waals surface area contributed by atoms with Crippen molar-refractivity contribution in [3.8, 4) is 5.75 Å². The third-order valence-electron chi connectivity index (χ3n) is 8.00. The van der Waals surface area contributed by atoms with Crippen molar-refractivity contribution >= 4 is 17.9 Å². The van der Waals surface area contributed by atoms with Crippen molar-refractivity contribution in [1.29, 1.82) is 0 Å². The predicted molar refractivity (Wildman–Crippen MR) is 180 cm³/mol. The Balaban J connectivity index is 1.21. The van der Waals surface area contributed by atoms with E-state index in [9.17, 15) is 9.90 Å². The van der Waals surface area contributed by atoms with E-state index in [0.29, 0.717) is 12.2 Å². The summed E-state index contributed by atoms with van der Waals surface area (Å²) in [6.45, 7) is 0.701. The summed E-state index contributed by atoms with van der Waals surface area (Å²) in [5.41, 5.74) is 13.3. The fourth-order valence-electron chi connectivity index (χ4n) is 5.43. The summed E-state index contributed by atoms with van der Waals surface area (Å²) in [5, 5.41) is 14.4. The summed E-state index contributed by atoms with van der Waals surface area (Å²) in [6, 6.07) is 34.6. The van der Waals surface area contributed by atoms with Gasteiger partial charge in [-0.1, -0.05) is 102 Å². The molecule has 1 heterocycles. The number of unbranched alkanes of at least 4 members (excludes halogenated alkanes) is 2. The van der Waals surface area contributed by atoms with Gasteiger partial charge in [-0.3, -0.25) is 5.12 Å². The van der Waals surface area contributed by atoms with Gasteiger partial charge in [0.15, 0.2) is 5.84 Å². The minimum Gasteiger partial charge on any atom is -0.493 e. The molecule has 0 bridgehead atoms. The largest absolute Gasteiger partial charge is 0.493 e. The van der Waals surface area contributed by atoms with Crippen LogP contribution >= 0.6 is 0 Å². The minimum absolute atomic E-state index is 0.272. The molecule has 0 spiro atoms. The van der Waals surface area contributed by atoms with E-state index in [4.69, 9.17) is 4.74 Å². The highest BCUT2D eigenvalue weighted by Gasteiger charge is 2.12. The second-order valence-electron chi connectivity index (χ2n) is 11.5. The molecule has 45 heavy (non-hydrogen) atoms. The fourth-order valence-corrected chi connectivity index (χ4v) is 5.43. The SMILES string of the molecule is C[NH+]1N=C(c2ccc(CC(/C=C/c3ccccc3OCCCCCc3ccccc3)CCc3ccc(C(=O)O)cc3)cc2)N[N-]1. The quantitative estimate of drug-likeness (QED) is 0.125. The van der Waals surface area contributed by atoms with E-state index in [1.807, 2.05) is 31.3 Å². The zero-order valence-corrected chi connectivity index (χ0v) is 25.9. The van der Waals surface area contributed by atoms with Gasteiger partial charge in [0.05, 0.1) is 19.2 Å². The molecule has 4 aromatic rings. The number of para-hydroxylation sites is 1. The van der Waals surface area contributed by atoms with E-state index < -0.39 is 5.97 Å². The number of nitrogens with one attached hydrogen (secondary N) is 2. The van der Waals surface area contributed by atoms with Crippen molar-refractivity contribution in [3.05, 3.63) is 148 Å². The lowest BCUT2D eigenvalue weighted by molar-refractivity contribution is -0.845. The number of amidine groups is 1. The van der Waals surface area contributed by atoms with Crippen LogP contribution in [0.5, 0.6) is 5.75 Å². The number of carbonyl (C=O) groups is 1. The molecule has 1 aliphatic rings. The molecule has 1 aliphatic heterocycles. The molecule has 0 aromatic heterocycles. The average molecular weight is 603 g/mol. The molecule has 0 fully saturated rings. The Kier molecular flexibility index (Phi) is 11.5. The molecule has 2 unspecified atom stereocenters. The summed E-state index contributed by atoms with van der Waals surface area (Å²) in [6.07, 6.45) is 11.6. The van der Waals surface area contributed by atoms with Gasteiger partial charge in [-0.25, -0.2) is 4.79 Å². The van der Waals surface area contributed by atoms with Crippen LogP contribution in [0, 0.1) is 5.92 Å². The van der Waals surface area contributed by atoms with Crippen LogP contribution in [0.15, 0.2) is 114 Å². The van der Waals surface area contributed by atoms with Crippen LogP contribution in [-0.2, 0) is 19.3 Å². The highest BCUT2D eigenvalue weighted by Crippen LogP contribution is 2.24. The zero-order chi connectivity index (χ0) is 31.3. The van der Waals surface area contributed by atoms with Crippen LogP contribution in [0.4, 0.5) is 0 Å². The van der Waals surface area contributed by atoms with Crippen molar-refractivity contribution in [2.75, 3.05) is 13.7 Å². The molecule has 0 saturated heterocycles. The van der Waals surface area contributed by atoms with Crippen molar-refractivity contribution in [2.45, 2.75) is 44.9 Å². The molecule has 0 saturated carbocycles. The summed E-state index contributed by atoms with van der Waals surface area (Å²) in [7, 11) is 1.87. The third-order valence-corrected chi connectivity index (χ3v) is 8.00. The molecule has 7 nitrogen and oxygen atoms in total. The molecule has 5 rings (SSSR count).